The van der Waals surface area contributed by atoms with E-state index in [2.05, 4.69) is 10.6 Å². The molecule has 0 saturated heterocycles. The Morgan fingerprint density at radius 1 is 0.923 bits per heavy atom. The van der Waals surface area contributed by atoms with Gasteiger partial charge in [0.1, 0.15) is 17.7 Å². The van der Waals surface area contributed by atoms with Gasteiger partial charge in [0.15, 0.2) is 0 Å². The average Bonchev–Trinajstić information content (AvgIpc) is 2.82. The number of nitrogens with one attached hydrogen (secondary N) is 2. The lowest BCUT2D eigenvalue weighted by atomic mass is 9.96. The number of hydrogen-bond donors (Lipinski definition) is 2. The molecule has 2 aromatic carbocycles. The van der Waals surface area contributed by atoms with E-state index in [4.69, 9.17) is 4.74 Å². The van der Waals surface area contributed by atoms with Crippen LogP contribution in [-0.4, -0.2) is 40.5 Å². The molecule has 214 valence electrons. The summed E-state index contributed by atoms with van der Waals surface area (Å²) < 4.78 is 5.48. The molecule has 0 radical (unpaired) electrons. The fourth-order valence-electron chi connectivity index (χ4n) is 4.51. The number of carbonyl (C=O) groups is 3. The van der Waals surface area contributed by atoms with Gasteiger partial charge in [-0.3, -0.25) is 9.59 Å². The molecule has 0 heterocycles. The number of nitrogens with zero attached hydrogens (tertiary/aromatic N) is 1. The number of aryl methyl sites for hydroxylation is 3. The van der Waals surface area contributed by atoms with E-state index in [1.165, 1.54) is 0 Å². The van der Waals surface area contributed by atoms with Crippen molar-refractivity contribution in [2.24, 2.45) is 5.92 Å². The zero-order chi connectivity index (χ0) is 29.5. The molecule has 7 heteroatoms. The summed E-state index contributed by atoms with van der Waals surface area (Å²) in [5, 5.41) is 5.92. The smallest absolute Gasteiger partial charge is 0.408 e. The van der Waals surface area contributed by atoms with Crippen molar-refractivity contribution in [3.8, 4) is 0 Å². The predicted molar refractivity (Wildman–Crippen MR) is 158 cm³/mol. The molecule has 0 aromatic heterocycles. The summed E-state index contributed by atoms with van der Waals surface area (Å²) in [7, 11) is 0. The second kappa shape index (κ2) is 13.6. The topological polar surface area (TPSA) is 87.7 Å². The number of rotatable bonds is 10. The van der Waals surface area contributed by atoms with Crippen LogP contribution in [0.5, 0.6) is 0 Å². The summed E-state index contributed by atoms with van der Waals surface area (Å²) in [6, 6.07) is 11.5. The monoisotopic (exact) mass is 537 g/mol. The molecule has 2 rings (SSSR count). The normalized spacial score (nSPS) is 13.8. The maximum atomic E-state index is 14.3. The highest BCUT2D eigenvalue weighted by atomic mass is 16.6. The molecule has 0 aliphatic heterocycles. The maximum Gasteiger partial charge on any atom is 0.408 e. The van der Waals surface area contributed by atoms with Gasteiger partial charge in [-0.2, -0.15) is 0 Å². The highest BCUT2D eigenvalue weighted by molar-refractivity contribution is 6.00. The summed E-state index contributed by atoms with van der Waals surface area (Å²) in [5.41, 5.74) is 3.67. The van der Waals surface area contributed by atoms with E-state index in [1.54, 1.807) is 25.7 Å². The van der Waals surface area contributed by atoms with Crippen LogP contribution in [0.2, 0.25) is 0 Å². The number of benzene rings is 2. The number of alkyl carbamates (subject to hydrolysis) is 1. The molecule has 2 N–H and O–H groups in total. The predicted octanol–water partition coefficient (Wildman–Crippen LogP) is 6.86. The highest BCUT2D eigenvalue weighted by Gasteiger charge is 2.39. The Morgan fingerprint density at radius 2 is 1.49 bits per heavy atom. The van der Waals surface area contributed by atoms with Gasteiger partial charge >= 0.3 is 6.09 Å². The summed E-state index contributed by atoms with van der Waals surface area (Å²) in [4.78, 5) is 42.8. The molecule has 7 nitrogen and oxygen atoms in total. The van der Waals surface area contributed by atoms with Gasteiger partial charge in [-0.1, -0.05) is 68.8 Å². The number of hydrogen-bond acceptors (Lipinski definition) is 4. The summed E-state index contributed by atoms with van der Waals surface area (Å²) >= 11 is 0. The molecular weight excluding hydrogens is 490 g/mol. The van der Waals surface area contributed by atoms with Crippen LogP contribution in [0.25, 0.3) is 0 Å². The quantitative estimate of drug-likeness (QED) is 0.347. The first-order chi connectivity index (χ1) is 18.1. The van der Waals surface area contributed by atoms with Crippen LogP contribution in [0.4, 0.5) is 10.5 Å². The fourth-order valence-corrected chi connectivity index (χ4v) is 4.51. The van der Waals surface area contributed by atoms with E-state index in [-0.39, 0.29) is 23.8 Å². The van der Waals surface area contributed by atoms with E-state index in [0.717, 1.165) is 22.4 Å². The summed E-state index contributed by atoms with van der Waals surface area (Å²) in [6.07, 6.45) is 0.382. The van der Waals surface area contributed by atoms with E-state index < -0.39 is 23.8 Å². The lowest BCUT2D eigenvalue weighted by Crippen LogP contribution is -2.55. The second-order valence-corrected chi connectivity index (χ2v) is 11.9. The first-order valence-corrected chi connectivity index (χ1v) is 13.9. The Hall–Kier alpha value is -3.35. The number of carbonyl (C=O) groups excluding carboxylic acids is 3. The first kappa shape index (κ1) is 31.9. The highest BCUT2D eigenvalue weighted by Crippen LogP contribution is 2.30. The minimum absolute atomic E-state index is 0.119. The van der Waals surface area contributed by atoms with Crippen LogP contribution in [0.15, 0.2) is 42.5 Å². The lowest BCUT2D eigenvalue weighted by Gasteiger charge is -2.38. The Morgan fingerprint density at radius 3 is 1.97 bits per heavy atom. The van der Waals surface area contributed by atoms with Crippen molar-refractivity contribution in [2.45, 2.75) is 106 Å². The number of anilines is 1. The Balaban J connectivity index is 2.60. The molecule has 0 fully saturated rings. The molecule has 0 saturated carbocycles. The summed E-state index contributed by atoms with van der Waals surface area (Å²) in [5.74, 6) is -0.495. The van der Waals surface area contributed by atoms with Crippen LogP contribution in [0.1, 0.15) is 89.6 Å². The Kier molecular flexibility index (Phi) is 11.1. The first-order valence-electron chi connectivity index (χ1n) is 13.9. The molecule has 39 heavy (non-hydrogen) atoms. The lowest BCUT2D eigenvalue weighted by molar-refractivity contribution is -0.143. The van der Waals surface area contributed by atoms with Gasteiger partial charge in [0.25, 0.3) is 5.91 Å². The largest absolute Gasteiger partial charge is 0.444 e. The van der Waals surface area contributed by atoms with Crippen molar-refractivity contribution in [3.05, 3.63) is 64.7 Å². The van der Waals surface area contributed by atoms with Gasteiger partial charge in [0.2, 0.25) is 5.91 Å². The summed E-state index contributed by atoms with van der Waals surface area (Å²) in [6.45, 7) is 19.1. The van der Waals surface area contributed by atoms with Crippen LogP contribution in [-0.2, 0) is 14.3 Å². The Bertz CT molecular complexity index is 1110. The van der Waals surface area contributed by atoms with Gasteiger partial charge in [-0.05, 0) is 83.9 Å². The minimum Gasteiger partial charge on any atom is -0.444 e. The second-order valence-electron chi connectivity index (χ2n) is 11.9. The van der Waals surface area contributed by atoms with E-state index >= 15 is 0 Å². The molecule has 2 aromatic rings. The van der Waals surface area contributed by atoms with Crippen LogP contribution in [0.3, 0.4) is 0 Å². The van der Waals surface area contributed by atoms with Crippen molar-refractivity contribution in [1.82, 2.24) is 10.2 Å². The average molecular weight is 538 g/mol. The van der Waals surface area contributed by atoms with Crippen LogP contribution >= 0.6 is 0 Å². The number of para-hydroxylation sites is 1. The third-order valence-electron chi connectivity index (χ3n) is 6.67. The van der Waals surface area contributed by atoms with Crippen molar-refractivity contribution >= 4 is 23.6 Å². The zero-order valence-electron chi connectivity index (χ0n) is 25.3. The minimum atomic E-state index is -0.901. The molecule has 0 spiro atoms. The molecule has 3 amide bonds. The SMILES string of the molecule is CCC(C)N(C(=O)C(CC(C)C)NC(=O)OC(C)(C)C)C(C(=O)Nc1c(C)cccc1C)c1ccc(C)cc1. The number of amides is 3. The van der Waals surface area contributed by atoms with E-state index in [9.17, 15) is 14.4 Å². The molecule has 3 unspecified atom stereocenters. The molecule has 0 aliphatic rings. The van der Waals surface area contributed by atoms with Crippen molar-refractivity contribution in [1.29, 1.82) is 0 Å². The molecular formula is C32H47N3O4. The standard InChI is InChI=1S/C32H47N3O4/c1-11-24(7)35(30(37)26(19-20(2)3)33-31(38)39-32(8,9)10)28(25-17-15-21(4)16-18-25)29(36)34-27-22(5)13-12-14-23(27)6/h12-18,20,24,26,28H,11,19H2,1-10H3,(H,33,38)(H,34,36). The van der Waals surface area contributed by atoms with Gasteiger partial charge in [-0.15, -0.1) is 0 Å². The van der Waals surface area contributed by atoms with Crippen molar-refractivity contribution in [3.63, 3.8) is 0 Å². The van der Waals surface area contributed by atoms with Crippen LogP contribution < -0.4 is 10.6 Å². The van der Waals surface area contributed by atoms with Crippen molar-refractivity contribution < 1.29 is 19.1 Å². The third-order valence-corrected chi connectivity index (χ3v) is 6.67. The molecule has 0 aliphatic carbocycles. The van der Waals surface area contributed by atoms with Gasteiger partial charge < -0.3 is 20.3 Å². The van der Waals surface area contributed by atoms with Gasteiger partial charge in [0.05, 0.1) is 0 Å². The van der Waals surface area contributed by atoms with E-state index in [1.807, 2.05) is 90.9 Å². The maximum absolute atomic E-state index is 14.3. The van der Waals surface area contributed by atoms with Crippen LogP contribution in [0, 0.1) is 26.7 Å². The molecule has 0 bridgehead atoms. The van der Waals surface area contributed by atoms with Gasteiger partial charge in [-0.25, -0.2) is 4.79 Å². The zero-order valence-corrected chi connectivity index (χ0v) is 25.3. The van der Waals surface area contributed by atoms with Crippen molar-refractivity contribution in [2.75, 3.05) is 5.32 Å². The molecule has 3 atom stereocenters. The third kappa shape index (κ3) is 9.12. The fraction of sp³-hybridized carbons (Fsp3) is 0.531. The number of ether oxygens (including phenoxy) is 1. The van der Waals surface area contributed by atoms with E-state index in [0.29, 0.717) is 18.4 Å². The van der Waals surface area contributed by atoms with Gasteiger partial charge in [0, 0.05) is 11.7 Å². The Labute approximate surface area is 234 Å².